The van der Waals surface area contributed by atoms with E-state index in [0.717, 1.165) is 0 Å². The SMILES string of the molecule is CC.O=CC(=O)C1C=CC=CC1. The molecule has 1 unspecified atom stereocenters. The van der Waals surface area contributed by atoms with Crippen LogP contribution in [0.5, 0.6) is 0 Å². The van der Waals surface area contributed by atoms with E-state index in [1.165, 1.54) is 0 Å². The smallest absolute Gasteiger partial charge is 0.202 e. The van der Waals surface area contributed by atoms with Crippen molar-refractivity contribution in [1.29, 1.82) is 0 Å². The van der Waals surface area contributed by atoms with E-state index in [9.17, 15) is 9.59 Å². The third-order valence-electron chi connectivity index (χ3n) is 1.46. The van der Waals surface area contributed by atoms with Crippen LogP contribution in [0.3, 0.4) is 0 Å². The summed E-state index contributed by atoms with van der Waals surface area (Å²) in [5.41, 5.74) is 0. The van der Waals surface area contributed by atoms with Gasteiger partial charge in [0.2, 0.25) is 5.78 Å². The number of hydrogen-bond acceptors (Lipinski definition) is 2. The van der Waals surface area contributed by atoms with E-state index in [2.05, 4.69) is 0 Å². The lowest BCUT2D eigenvalue weighted by Gasteiger charge is -2.05. The van der Waals surface area contributed by atoms with Crippen LogP contribution in [0.1, 0.15) is 20.3 Å². The predicted molar refractivity (Wildman–Crippen MR) is 48.8 cm³/mol. The van der Waals surface area contributed by atoms with Crippen LogP contribution in [0, 0.1) is 5.92 Å². The second-order valence-electron chi connectivity index (χ2n) is 2.18. The van der Waals surface area contributed by atoms with Crippen LogP contribution in [0.2, 0.25) is 0 Å². The molecule has 1 aliphatic rings. The van der Waals surface area contributed by atoms with Gasteiger partial charge in [0.25, 0.3) is 0 Å². The minimum Gasteiger partial charge on any atom is -0.295 e. The number of allylic oxidation sites excluding steroid dienone is 4. The average Bonchev–Trinajstić information content (AvgIpc) is 2.21. The van der Waals surface area contributed by atoms with Crippen LogP contribution in [-0.4, -0.2) is 12.1 Å². The molecule has 1 aliphatic carbocycles. The Morgan fingerprint density at radius 3 is 2.50 bits per heavy atom. The molecule has 0 N–H and O–H groups in total. The van der Waals surface area contributed by atoms with Crippen molar-refractivity contribution in [3.05, 3.63) is 24.3 Å². The first kappa shape index (κ1) is 10.8. The molecule has 0 bridgehead atoms. The summed E-state index contributed by atoms with van der Waals surface area (Å²) >= 11 is 0. The Labute approximate surface area is 73.0 Å². The Bertz CT molecular complexity index is 202. The highest BCUT2D eigenvalue weighted by atomic mass is 16.2. The minimum atomic E-state index is -0.333. The van der Waals surface area contributed by atoms with Crippen molar-refractivity contribution in [3.8, 4) is 0 Å². The van der Waals surface area contributed by atoms with E-state index in [-0.39, 0.29) is 11.7 Å². The van der Waals surface area contributed by atoms with Gasteiger partial charge in [-0.05, 0) is 6.42 Å². The maximum Gasteiger partial charge on any atom is 0.202 e. The number of hydrogen-bond donors (Lipinski definition) is 0. The van der Waals surface area contributed by atoms with E-state index in [1.807, 2.05) is 26.0 Å². The normalized spacial score (nSPS) is 19.3. The van der Waals surface area contributed by atoms with Gasteiger partial charge >= 0.3 is 0 Å². The van der Waals surface area contributed by atoms with Gasteiger partial charge in [-0.1, -0.05) is 38.2 Å². The lowest BCUT2D eigenvalue weighted by Crippen LogP contribution is -2.13. The van der Waals surface area contributed by atoms with Gasteiger partial charge in [-0.15, -0.1) is 0 Å². The van der Waals surface area contributed by atoms with Crippen LogP contribution < -0.4 is 0 Å². The molecule has 1 rings (SSSR count). The maximum absolute atomic E-state index is 10.7. The van der Waals surface area contributed by atoms with Gasteiger partial charge in [-0.3, -0.25) is 9.59 Å². The summed E-state index contributed by atoms with van der Waals surface area (Å²) in [7, 11) is 0. The summed E-state index contributed by atoms with van der Waals surface area (Å²) in [6, 6.07) is 0. The maximum atomic E-state index is 10.7. The second kappa shape index (κ2) is 6.53. The third-order valence-corrected chi connectivity index (χ3v) is 1.46. The molecule has 12 heavy (non-hydrogen) atoms. The quantitative estimate of drug-likeness (QED) is 0.464. The molecule has 0 fully saturated rings. The zero-order chi connectivity index (χ0) is 9.40. The average molecular weight is 166 g/mol. The number of rotatable bonds is 2. The third kappa shape index (κ3) is 3.28. The topological polar surface area (TPSA) is 34.1 Å². The molecule has 1 atom stereocenters. The summed E-state index contributed by atoms with van der Waals surface area (Å²) in [5, 5.41) is 0. The molecule has 0 radical (unpaired) electrons. The first-order valence-corrected chi connectivity index (χ1v) is 4.17. The van der Waals surface area contributed by atoms with E-state index >= 15 is 0 Å². The molecule has 0 saturated carbocycles. The molecule has 0 aromatic carbocycles. The first-order valence-electron chi connectivity index (χ1n) is 4.17. The number of carbonyl (C=O) groups is 2. The van der Waals surface area contributed by atoms with Crippen LogP contribution in [0.4, 0.5) is 0 Å². The van der Waals surface area contributed by atoms with Crippen LogP contribution >= 0.6 is 0 Å². The monoisotopic (exact) mass is 166 g/mol. The fraction of sp³-hybridized carbons (Fsp3) is 0.400. The fourth-order valence-corrected chi connectivity index (χ4v) is 0.879. The molecule has 0 aromatic heterocycles. The molecule has 0 saturated heterocycles. The minimum absolute atomic E-state index is 0.206. The van der Waals surface area contributed by atoms with Crippen LogP contribution in [0.15, 0.2) is 24.3 Å². The van der Waals surface area contributed by atoms with E-state index in [1.54, 1.807) is 12.2 Å². The van der Waals surface area contributed by atoms with Gasteiger partial charge in [0, 0.05) is 5.92 Å². The molecular formula is C10H14O2. The Morgan fingerprint density at radius 1 is 1.42 bits per heavy atom. The van der Waals surface area contributed by atoms with Crippen molar-refractivity contribution in [3.63, 3.8) is 0 Å². The summed E-state index contributed by atoms with van der Waals surface area (Å²) in [6.45, 7) is 4.00. The Morgan fingerprint density at radius 2 is 2.08 bits per heavy atom. The van der Waals surface area contributed by atoms with Crippen molar-refractivity contribution in [2.24, 2.45) is 5.92 Å². The van der Waals surface area contributed by atoms with Crippen LogP contribution in [0.25, 0.3) is 0 Å². The second-order valence-corrected chi connectivity index (χ2v) is 2.18. The van der Waals surface area contributed by atoms with Crippen LogP contribution in [-0.2, 0) is 9.59 Å². The van der Waals surface area contributed by atoms with E-state index < -0.39 is 0 Å². The summed E-state index contributed by atoms with van der Waals surface area (Å²) in [4.78, 5) is 20.7. The highest BCUT2D eigenvalue weighted by Gasteiger charge is 2.13. The van der Waals surface area contributed by atoms with Crippen molar-refractivity contribution in [2.45, 2.75) is 20.3 Å². The van der Waals surface area contributed by atoms with Crippen molar-refractivity contribution in [1.82, 2.24) is 0 Å². The highest BCUT2D eigenvalue weighted by Crippen LogP contribution is 2.10. The molecule has 0 aliphatic heterocycles. The van der Waals surface area contributed by atoms with Gasteiger partial charge < -0.3 is 0 Å². The largest absolute Gasteiger partial charge is 0.295 e. The number of ketones is 1. The summed E-state index contributed by atoms with van der Waals surface area (Å²) < 4.78 is 0. The molecule has 2 heteroatoms. The molecule has 2 nitrogen and oxygen atoms in total. The predicted octanol–water partition coefficient (Wildman–Crippen LogP) is 1.91. The van der Waals surface area contributed by atoms with Gasteiger partial charge in [-0.25, -0.2) is 0 Å². The van der Waals surface area contributed by atoms with Crippen molar-refractivity contribution in [2.75, 3.05) is 0 Å². The van der Waals surface area contributed by atoms with Crippen molar-refractivity contribution >= 4 is 12.1 Å². The van der Waals surface area contributed by atoms with E-state index in [0.29, 0.717) is 12.7 Å². The lowest BCUT2D eigenvalue weighted by atomic mass is 9.97. The molecule has 66 valence electrons. The summed E-state index contributed by atoms with van der Waals surface area (Å²) in [6.07, 6.45) is 8.33. The molecule has 0 amide bonds. The lowest BCUT2D eigenvalue weighted by molar-refractivity contribution is -0.131. The zero-order valence-electron chi connectivity index (χ0n) is 7.49. The molecular weight excluding hydrogens is 152 g/mol. The fourth-order valence-electron chi connectivity index (χ4n) is 0.879. The Balaban J connectivity index is 0.000000561. The number of aldehydes is 1. The Hall–Kier alpha value is -1.18. The van der Waals surface area contributed by atoms with Gasteiger partial charge in [0.05, 0.1) is 0 Å². The van der Waals surface area contributed by atoms with E-state index in [4.69, 9.17) is 0 Å². The standard InChI is InChI=1S/C8H8O2.C2H6/c9-6-8(10)7-4-2-1-3-5-7;1-2/h1-4,6-7H,5H2;1-2H3. The van der Waals surface area contributed by atoms with Crippen molar-refractivity contribution < 1.29 is 9.59 Å². The highest BCUT2D eigenvalue weighted by molar-refractivity contribution is 6.26. The molecule has 0 heterocycles. The van der Waals surface area contributed by atoms with Gasteiger partial charge in [0.15, 0.2) is 6.29 Å². The molecule has 0 aromatic rings. The van der Waals surface area contributed by atoms with Gasteiger partial charge in [0.1, 0.15) is 0 Å². The number of carbonyl (C=O) groups excluding carboxylic acids is 2. The first-order chi connectivity index (χ1) is 5.84. The Kier molecular flexibility index (Phi) is 5.88. The number of Topliss-reactive ketones (excluding diaryl/α,β-unsaturated/α-hetero) is 1. The summed E-state index contributed by atoms with van der Waals surface area (Å²) in [5.74, 6) is -0.539. The van der Waals surface area contributed by atoms with Gasteiger partial charge in [-0.2, -0.15) is 0 Å². The molecule has 0 spiro atoms. The zero-order valence-corrected chi connectivity index (χ0v) is 7.49.